The molecule has 5 rings (SSSR count). The summed E-state index contributed by atoms with van der Waals surface area (Å²) in [5.41, 5.74) is 3.26. The lowest BCUT2D eigenvalue weighted by Crippen LogP contribution is -2.08. The van der Waals surface area contributed by atoms with Crippen LogP contribution >= 0.6 is 0 Å². The highest BCUT2D eigenvalue weighted by Gasteiger charge is 2.43. The Bertz CT molecular complexity index is 1430. The summed E-state index contributed by atoms with van der Waals surface area (Å²) in [6.45, 7) is 2.08. The first kappa shape index (κ1) is 21.5. The van der Waals surface area contributed by atoms with E-state index in [1.54, 1.807) is 18.2 Å². The maximum Gasteiger partial charge on any atom is 0.185 e. The SMILES string of the molecule is Cc1cccc2ccc(CC(=O)[C@@H]3CC3c3ccc(S(=O)(=O)Cc4ncccn4)cc3)cc12. The third-order valence-corrected chi connectivity index (χ3v) is 7.98. The zero-order valence-electron chi connectivity index (χ0n) is 18.3. The maximum atomic E-state index is 12.9. The monoisotopic (exact) mass is 456 g/mol. The van der Waals surface area contributed by atoms with Gasteiger partial charge in [-0.1, -0.05) is 48.5 Å². The molecule has 0 aliphatic heterocycles. The van der Waals surface area contributed by atoms with Gasteiger partial charge >= 0.3 is 0 Å². The van der Waals surface area contributed by atoms with Gasteiger partial charge in [0.25, 0.3) is 0 Å². The van der Waals surface area contributed by atoms with Gasteiger partial charge in [0.1, 0.15) is 17.4 Å². The van der Waals surface area contributed by atoms with E-state index in [1.165, 1.54) is 28.7 Å². The van der Waals surface area contributed by atoms with Crippen LogP contribution in [0, 0.1) is 12.8 Å². The van der Waals surface area contributed by atoms with E-state index in [9.17, 15) is 13.2 Å². The molecule has 3 aromatic carbocycles. The number of benzene rings is 3. The Morgan fingerprint density at radius 2 is 1.73 bits per heavy atom. The molecule has 33 heavy (non-hydrogen) atoms. The van der Waals surface area contributed by atoms with Crippen LogP contribution < -0.4 is 0 Å². The van der Waals surface area contributed by atoms with Crippen LogP contribution in [0.1, 0.15) is 34.9 Å². The minimum absolute atomic E-state index is 0.00209. The maximum absolute atomic E-state index is 12.9. The van der Waals surface area contributed by atoms with Gasteiger partial charge in [-0.05, 0) is 64.9 Å². The Kier molecular flexibility index (Phi) is 5.54. The quantitative estimate of drug-likeness (QED) is 0.398. The van der Waals surface area contributed by atoms with Crippen molar-refractivity contribution in [2.45, 2.75) is 36.3 Å². The molecule has 0 radical (unpaired) electrons. The number of hydrogen-bond acceptors (Lipinski definition) is 5. The van der Waals surface area contributed by atoms with Crippen LogP contribution in [0.4, 0.5) is 0 Å². The van der Waals surface area contributed by atoms with E-state index in [0.29, 0.717) is 6.42 Å². The average Bonchev–Trinajstić information content (AvgIpc) is 3.61. The largest absolute Gasteiger partial charge is 0.299 e. The highest BCUT2D eigenvalue weighted by Crippen LogP contribution is 2.48. The molecular formula is C27H24N2O3S. The Balaban J connectivity index is 1.25. The fourth-order valence-corrected chi connectivity index (χ4v) is 5.62. The number of carbonyl (C=O) groups excluding carboxylic acids is 1. The first-order valence-electron chi connectivity index (χ1n) is 11.0. The number of hydrogen-bond donors (Lipinski definition) is 0. The minimum atomic E-state index is -3.52. The fraction of sp³-hybridized carbons (Fsp3) is 0.222. The first-order valence-corrected chi connectivity index (χ1v) is 12.7. The van der Waals surface area contributed by atoms with Gasteiger partial charge in [0.15, 0.2) is 9.84 Å². The zero-order chi connectivity index (χ0) is 23.0. The molecule has 1 unspecified atom stereocenters. The molecule has 0 saturated heterocycles. The fourth-order valence-electron chi connectivity index (χ4n) is 4.42. The van der Waals surface area contributed by atoms with Crippen molar-refractivity contribution in [3.8, 4) is 0 Å². The van der Waals surface area contributed by atoms with Crippen LogP contribution in [0.3, 0.4) is 0 Å². The summed E-state index contributed by atoms with van der Waals surface area (Å²) in [5.74, 6) is 0.444. The summed E-state index contributed by atoms with van der Waals surface area (Å²) >= 11 is 0. The number of ketones is 1. The van der Waals surface area contributed by atoms with Crippen molar-refractivity contribution in [2.75, 3.05) is 0 Å². The van der Waals surface area contributed by atoms with Crippen LogP contribution in [-0.4, -0.2) is 24.2 Å². The number of fused-ring (bicyclic) bond motifs is 1. The molecule has 0 amide bonds. The number of sulfone groups is 1. The second kappa shape index (κ2) is 8.52. The van der Waals surface area contributed by atoms with Gasteiger partial charge < -0.3 is 0 Å². The number of rotatable bonds is 7. The molecule has 0 bridgehead atoms. The molecule has 1 saturated carbocycles. The van der Waals surface area contributed by atoms with Crippen LogP contribution in [-0.2, 0) is 26.8 Å². The molecule has 5 nitrogen and oxygen atoms in total. The Morgan fingerprint density at radius 1 is 0.970 bits per heavy atom. The molecule has 1 fully saturated rings. The molecule has 1 aromatic heterocycles. The number of aromatic nitrogens is 2. The van der Waals surface area contributed by atoms with Crippen molar-refractivity contribution in [2.24, 2.45) is 5.92 Å². The molecule has 1 aliphatic rings. The van der Waals surface area contributed by atoms with Crippen molar-refractivity contribution in [1.29, 1.82) is 0 Å². The van der Waals surface area contributed by atoms with E-state index in [2.05, 4.69) is 41.2 Å². The molecule has 0 N–H and O–H groups in total. The predicted octanol–water partition coefficient (Wildman–Crippen LogP) is 4.83. The number of carbonyl (C=O) groups is 1. The second-order valence-electron chi connectivity index (χ2n) is 8.72. The Morgan fingerprint density at radius 3 is 2.48 bits per heavy atom. The molecule has 1 heterocycles. The Hall–Kier alpha value is -3.38. The predicted molar refractivity (Wildman–Crippen MR) is 128 cm³/mol. The smallest absolute Gasteiger partial charge is 0.185 e. The molecule has 4 aromatic rings. The third-order valence-electron chi connectivity index (χ3n) is 6.35. The Labute approximate surface area is 193 Å². The third kappa shape index (κ3) is 4.57. The van der Waals surface area contributed by atoms with Crippen LogP contribution in [0.2, 0.25) is 0 Å². The van der Waals surface area contributed by atoms with Gasteiger partial charge in [0, 0.05) is 24.7 Å². The molecular weight excluding hydrogens is 432 g/mol. The lowest BCUT2D eigenvalue weighted by molar-refractivity contribution is -0.119. The summed E-state index contributed by atoms with van der Waals surface area (Å²) in [6, 6.07) is 21.0. The molecule has 166 valence electrons. The lowest BCUT2D eigenvalue weighted by Gasteiger charge is -2.07. The average molecular weight is 457 g/mol. The van der Waals surface area contributed by atoms with Gasteiger partial charge in [-0.15, -0.1) is 0 Å². The first-order chi connectivity index (χ1) is 15.9. The van der Waals surface area contributed by atoms with Crippen molar-refractivity contribution in [3.05, 3.63) is 102 Å². The van der Waals surface area contributed by atoms with Gasteiger partial charge in [0.2, 0.25) is 0 Å². The van der Waals surface area contributed by atoms with Crippen molar-refractivity contribution >= 4 is 26.4 Å². The van der Waals surface area contributed by atoms with Crippen molar-refractivity contribution in [1.82, 2.24) is 9.97 Å². The molecule has 1 aliphatic carbocycles. The van der Waals surface area contributed by atoms with Crippen molar-refractivity contribution < 1.29 is 13.2 Å². The van der Waals surface area contributed by atoms with Crippen LogP contribution in [0.25, 0.3) is 10.8 Å². The molecule has 2 atom stereocenters. The van der Waals surface area contributed by atoms with E-state index < -0.39 is 9.84 Å². The summed E-state index contributed by atoms with van der Waals surface area (Å²) in [6.07, 6.45) is 4.30. The summed E-state index contributed by atoms with van der Waals surface area (Å²) in [7, 11) is -3.52. The molecule has 6 heteroatoms. The van der Waals surface area contributed by atoms with Crippen LogP contribution in [0.5, 0.6) is 0 Å². The van der Waals surface area contributed by atoms with E-state index in [-0.39, 0.29) is 34.1 Å². The highest BCUT2D eigenvalue weighted by molar-refractivity contribution is 7.90. The van der Waals surface area contributed by atoms with Crippen LogP contribution in [0.15, 0.2) is 84.0 Å². The van der Waals surface area contributed by atoms with Crippen molar-refractivity contribution in [3.63, 3.8) is 0 Å². The second-order valence-corrected chi connectivity index (χ2v) is 10.7. The zero-order valence-corrected chi connectivity index (χ0v) is 19.1. The summed E-state index contributed by atoms with van der Waals surface area (Å²) in [5, 5.41) is 2.37. The highest BCUT2D eigenvalue weighted by atomic mass is 32.2. The lowest BCUT2D eigenvalue weighted by atomic mass is 9.98. The van der Waals surface area contributed by atoms with Gasteiger partial charge in [0.05, 0.1) is 4.90 Å². The molecule has 0 spiro atoms. The normalized spacial score (nSPS) is 17.7. The van der Waals surface area contributed by atoms with Gasteiger partial charge in [-0.3, -0.25) is 4.79 Å². The number of Topliss-reactive ketones (excluding diaryl/α,β-unsaturated/α-hetero) is 1. The van der Waals surface area contributed by atoms with E-state index in [0.717, 1.165) is 17.5 Å². The summed E-state index contributed by atoms with van der Waals surface area (Å²) < 4.78 is 25.3. The minimum Gasteiger partial charge on any atom is -0.299 e. The van der Waals surface area contributed by atoms with E-state index >= 15 is 0 Å². The summed E-state index contributed by atoms with van der Waals surface area (Å²) in [4.78, 5) is 21.1. The van der Waals surface area contributed by atoms with E-state index in [1.807, 2.05) is 24.3 Å². The van der Waals surface area contributed by atoms with Gasteiger partial charge in [-0.2, -0.15) is 0 Å². The van der Waals surface area contributed by atoms with E-state index in [4.69, 9.17) is 0 Å². The standard InChI is InChI=1S/C27H24N2O3S/c1-18-4-2-5-20-7-6-19(14-23(18)20)15-26(30)25-16-24(25)21-8-10-22(11-9-21)33(31,32)17-27-28-12-3-13-29-27/h2-14,24-25H,15-17H2,1H3/t24?,25-/m1/s1. The topological polar surface area (TPSA) is 77.0 Å². The number of aryl methyl sites for hydroxylation is 1. The van der Waals surface area contributed by atoms with Gasteiger partial charge in [-0.25, -0.2) is 18.4 Å². The number of nitrogens with zero attached hydrogens (tertiary/aromatic N) is 2.